The zero-order valence-corrected chi connectivity index (χ0v) is 14.4. The van der Waals surface area contributed by atoms with Crippen LogP contribution in [-0.4, -0.2) is 10.9 Å². The van der Waals surface area contributed by atoms with E-state index >= 15 is 0 Å². The molecule has 3 nitrogen and oxygen atoms in total. The number of aromatic nitrogens is 1. The van der Waals surface area contributed by atoms with Gasteiger partial charge in [-0.1, -0.05) is 29.8 Å². The van der Waals surface area contributed by atoms with E-state index in [9.17, 15) is 4.79 Å². The number of nitrogens with zero attached hydrogens (tertiary/aromatic N) is 1. The molecule has 2 aromatic carbocycles. The van der Waals surface area contributed by atoms with Crippen molar-refractivity contribution in [1.82, 2.24) is 4.98 Å². The van der Waals surface area contributed by atoms with E-state index in [1.54, 1.807) is 12.3 Å². The van der Waals surface area contributed by atoms with Crippen molar-refractivity contribution in [1.29, 1.82) is 0 Å². The Morgan fingerprint density at radius 2 is 1.76 bits per heavy atom. The van der Waals surface area contributed by atoms with Gasteiger partial charge in [0.15, 0.2) is 0 Å². The van der Waals surface area contributed by atoms with E-state index in [0.29, 0.717) is 10.6 Å². The van der Waals surface area contributed by atoms with Crippen LogP contribution in [0.2, 0.25) is 5.02 Å². The van der Waals surface area contributed by atoms with Crippen molar-refractivity contribution >= 4 is 23.2 Å². The van der Waals surface area contributed by atoms with Gasteiger partial charge in [0.25, 0.3) is 5.91 Å². The number of carbonyl (C=O) groups is 1. The lowest BCUT2D eigenvalue weighted by Gasteiger charge is -2.08. The lowest BCUT2D eigenvalue weighted by Crippen LogP contribution is -2.12. The summed E-state index contributed by atoms with van der Waals surface area (Å²) in [6.07, 6.45) is 5.03. The molecule has 1 aliphatic rings. The van der Waals surface area contributed by atoms with Gasteiger partial charge in [-0.3, -0.25) is 9.78 Å². The van der Waals surface area contributed by atoms with Gasteiger partial charge in [0.05, 0.1) is 11.3 Å². The minimum Gasteiger partial charge on any atom is -0.322 e. The zero-order chi connectivity index (χ0) is 17.2. The van der Waals surface area contributed by atoms with Crippen molar-refractivity contribution in [3.8, 4) is 11.3 Å². The van der Waals surface area contributed by atoms with Crippen LogP contribution in [0.1, 0.15) is 27.9 Å². The number of halogens is 1. The van der Waals surface area contributed by atoms with Gasteiger partial charge in [-0.25, -0.2) is 0 Å². The number of carbonyl (C=O) groups excluding carboxylic acids is 1. The standard InChI is InChI=1S/C21H17ClN2O/c22-18-8-4-15(5-9-18)20-11-7-17(13-23-20)21(25)24-19-10-6-14-2-1-3-16(14)12-19/h4-13H,1-3H2,(H,24,25). The molecule has 0 unspecified atom stereocenters. The molecule has 1 N–H and O–H groups in total. The summed E-state index contributed by atoms with van der Waals surface area (Å²) < 4.78 is 0. The van der Waals surface area contributed by atoms with Gasteiger partial charge >= 0.3 is 0 Å². The fourth-order valence-electron chi connectivity index (χ4n) is 3.17. The van der Waals surface area contributed by atoms with Crippen LogP contribution in [0, 0.1) is 0 Å². The van der Waals surface area contributed by atoms with Crippen LogP contribution >= 0.6 is 11.6 Å². The Morgan fingerprint density at radius 3 is 2.52 bits per heavy atom. The predicted molar refractivity (Wildman–Crippen MR) is 101 cm³/mol. The summed E-state index contributed by atoms with van der Waals surface area (Å²) in [7, 11) is 0. The number of amides is 1. The topological polar surface area (TPSA) is 42.0 Å². The first-order valence-electron chi connectivity index (χ1n) is 8.34. The van der Waals surface area contributed by atoms with Crippen molar-refractivity contribution in [2.75, 3.05) is 5.32 Å². The monoisotopic (exact) mass is 348 g/mol. The molecule has 0 aliphatic heterocycles. The Hall–Kier alpha value is -2.65. The summed E-state index contributed by atoms with van der Waals surface area (Å²) in [5.41, 5.74) is 5.90. The Labute approximate surface area is 151 Å². The fraction of sp³-hybridized carbons (Fsp3) is 0.143. The van der Waals surface area contributed by atoms with Crippen LogP contribution in [0.3, 0.4) is 0 Å². The number of nitrogens with one attached hydrogen (secondary N) is 1. The van der Waals surface area contributed by atoms with Crippen LogP contribution < -0.4 is 5.32 Å². The van der Waals surface area contributed by atoms with Crippen LogP contribution in [0.15, 0.2) is 60.8 Å². The quantitative estimate of drug-likeness (QED) is 0.711. The molecule has 25 heavy (non-hydrogen) atoms. The molecular formula is C21H17ClN2O. The molecular weight excluding hydrogens is 332 g/mol. The second-order valence-electron chi connectivity index (χ2n) is 6.23. The zero-order valence-electron chi connectivity index (χ0n) is 13.6. The van der Waals surface area contributed by atoms with E-state index in [4.69, 9.17) is 11.6 Å². The van der Waals surface area contributed by atoms with Gasteiger partial charge in [-0.15, -0.1) is 0 Å². The Morgan fingerprint density at radius 1 is 0.960 bits per heavy atom. The first kappa shape index (κ1) is 15.9. The third-order valence-electron chi connectivity index (χ3n) is 4.52. The fourth-order valence-corrected chi connectivity index (χ4v) is 3.30. The van der Waals surface area contributed by atoms with Gasteiger partial charge in [0.1, 0.15) is 0 Å². The smallest absolute Gasteiger partial charge is 0.257 e. The van der Waals surface area contributed by atoms with E-state index in [1.807, 2.05) is 36.4 Å². The number of aryl methyl sites for hydroxylation is 2. The molecule has 4 heteroatoms. The maximum atomic E-state index is 12.4. The molecule has 0 spiro atoms. The van der Waals surface area contributed by atoms with Crippen molar-refractivity contribution in [2.45, 2.75) is 19.3 Å². The number of hydrogen-bond donors (Lipinski definition) is 1. The number of benzene rings is 2. The minimum absolute atomic E-state index is 0.145. The maximum absolute atomic E-state index is 12.4. The Balaban J connectivity index is 1.49. The van der Waals surface area contributed by atoms with Crippen LogP contribution in [0.25, 0.3) is 11.3 Å². The van der Waals surface area contributed by atoms with E-state index < -0.39 is 0 Å². The highest BCUT2D eigenvalue weighted by Crippen LogP contribution is 2.25. The minimum atomic E-state index is -0.145. The van der Waals surface area contributed by atoms with Gasteiger partial charge in [-0.05, 0) is 66.8 Å². The molecule has 0 fully saturated rings. The number of anilines is 1. The van der Waals surface area contributed by atoms with E-state index in [0.717, 1.165) is 29.8 Å². The average molecular weight is 349 g/mol. The van der Waals surface area contributed by atoms with E-state index in [1.165, 1.54) is 17.5 Å². The number of rotatable bonds is 3. The van der Waals surface area contributed by atoms with Gasteiger partial charge in [0.2, 0.25) is 0 Å². The van der Waals surface area contributed by atoms with Crippen molar-refractivity contribution in [2.24, 2.45) is 0 Å². The summed E-state index contributed by atoms with van der Waals surface area (Å²) >= 11 is 5.90. The Bertz CT molecular complexity index is 918. The SMILES string of the molecule is O=C(Nc1ccc2c(c1)CCC2)c1ccc(-c2ccc(Cl)cc2)nc1. The molecule has 1 aromatic heterocycles. The predicted octanol–water partition coefficient (Wildman–Crippen LogP) is 5.14. The summed E-state index contributed by atoms with van der Waals surface area (Å²) in [6, 6.07) is 17.3. The van der Waals surface area contributed by atoms with Crippen molar-refractivity contribution in [3.05, 3.63) is 82.5 Å². The highest BCUT2D eigenvalue weighted by Gasteiger charge is 2.13. The second kappa shape index (κ2) is 6.69. The van der Waals surface area contributed by atoms with E-state index in [2.05, 4.69) is 22.4 Å². The molecule has 1 heterocycles. The first-order chi connectivity index (χ1) is 12.2. The highest BCUT2D eigenvalue weighted by molar-refractivity contribution is 6.30. The summed E-state index contributed by atoms with van der Waals surface area (Å²) in [5.74, 6) is -0.145. The molecule has 0 saturated carbocycles. The lowest BCUT2D eigenvalue weighted by atomic mass is 10.1. The van der Waals surface area contributed by atoms with Crippen molar-refractivity contribution in [3.63, 3.8) is 0 Å². The van der Waals surface area contributed by atoms with Crippen LogP contribution in [-0.2, 0) is 12.8 Å². The second-order valence-corrected chi connectivity index (χ2v) is 6.67. The number of fused-ring (bicyclic) bond motifs is 1. The largest absolute Gasteiger partial charge is 0.322 e. The number of hydrogen-bond acceptors (Lipinski definition) is 2. The molecule has 124 valence electrons. The normalized spacial score (nSPS) is 12.7. The van der Waals surface area contributed by atoms with Gasteiger partial charge in [0, 0.05) is 22.5 Å². The van der Waals surface area contributed by atoms with Crippen LogP contribution in [0.5, 0.6) is 0 Å². The van der Waals surface area contributed by atoms with Gasteiger partial charge in [-0.2, -0.15) is 0 Å². The third-order valence-corrected chi connectivity index (χ3v) is 4.77. The van der Waals surface area contributed by atoms with E-state index in [-0.39, 0.29) is 5.91 Å². The molecule has 0 bridgehead atoms. The van der Waals surface area contributed by atoms with Crippen molar-refractivity contribution < 1.29 is 4.79 Å². The molecule has 0 radical (unpaired) electrons. The molecule has 3 aromatic rings. The summed E-state index contributed by atoms with van der Waals surface area (Å²) in [4.78, 5) is 16.8. The molecule has 4 rings (SSSR count). The molecule has 1 aliphatic carbocycles. The molecule has 0 saturated heterocycles. The maximum Gasteiger partial charge on any atom is 0.257 e. The van der Waals surface area contributed by atoms with Gasteiger partial charge < -0.3 is 5.32 Å². The lowest BCUT2D eigenvalue weighted by molar-refractivity contribution is 0.102. The number of pyridine rings is 1. The summed E-state index contributed by atoms with van der Waals surface area (Å²) in [6.45, 7) is 0. The summed E-state index contributed by atoms with van der Waals surface area (Å²) in [5, 5.41) is 3.65. The first-order valence-corrected chi connectivity index (χ1v) is 8.72. The highest BCUT2D eigenvalue weighted by atomic mass is 35.5. The van der Waals surface area contributed by atoms with Crippen LogP contribution in [0.4, 0.5) is 5.69 Å². The third kappa shape index (κ3) is 3.42. The molecule has 0 atom stereocenters. The average Bonchev–Trinajstić information content (AvgIpc) is 3.10. The molecule has 1 amide bonds. The Kier molecular flexibility index (Phi) is 4.24.